The lowest BCUT2D eigenvalue weighted by molar-refractivity contribution is -0.113. The lowest BCUT2D eigenvalue weighted by atomic mass is 10.0. The number of ether oxygens (including phenoxy) is 1. The first-order chi connectivity index (χ1) is 15.5. The predicted octanol–water partition coefficient (Wildman–Crippen LogP) is 4.23. The van der Waals surface area contributed by atoms with E-state index in [1.807, 2.05) is 0 Å². The van der Waals surface area contributed by atoms with Crippen molar-refractivity contribution in [1.82, 2.24) is 15.0 Å². The van der Waals surface area contributed by atoms with Crippen LogP contribution in [0.3, 0.4) is 0 Å². The van der Waals surface area contributed by atoms with Gasteiger partial charge in [-0.15, -0.1) is 0 Å². The van der Waals surface area contributed by atoms with Gasteiger partial charge in [0.1, 0.15) is 16.1 Å². The van der Waals surface area contributed by atoms with Crippen molar-refractivity contribution in [2.45, 2.75) is 31.7 Å². The number of thioether (sulfide) groups is 1. The third-order valence-electron chi connectivity index (χ3n) is 5.09. The van der Waals surface area contributed by atoms with Crippen LogP contribution in [0.25, 0.3) is 10.3 Å². The molecule has 1 aliphatic rings. The number of rotatable bonds is 7. The molecule has 1 aromatic carbocycles. The van der Waals surface area contributed by atoms with E-state index in [0.717, 1.165) is 27.9 Å². The largest absolute Gasteiger partial charge is 0.462 e. The number of carbonyl (C=O) groups is 2. The summed E-state index contributed by atoms with van der Waals surface area (Å²) in [6, 6.07) is 6.64. The van der Waals surface area contributed by atoms with Crippen LogP contribution in [0.15, 0.2) is 35.6 Å². The van der Waals surface area contributed by atoms with Gasteiger partial charge in [0.15, 0.2) is 10.8 Å². The van der Waals surface area contributed by atoms with Crippen molar-refractivity contribution in [3.63, 3.8) is 0 Å². The van der Waals surface area contributed by atoms with E-state index in [4.69, 9.17) is 9.72 Å². The number of amides is 1. The summed E-state index contributed by atoms with van der Waals surface area (Å²) in [5.41, 5.74) is 1.75. The standard InChI is InChI=1S/C22H25N5O3S2/c1-3-30-21(29)15-6-8-16(9-7-15)25-17(28)12-31-20-18-19(23-13-24-20)26-22(32-18)27-10-4-5-14(2)11-27/h6-9,13-14H,3-5,10-12H2,1-2H3,(H,25,28)/t14-/m1/s1. The molecule has 0 aliphatic carbocycles. The quantitative estimate of drug-likeness (QED) is 0.311. The van der Waals surface area contributed by atoms with E-state index in [1.54, 1.807) is 42.5 Å². The van der Waals surface area contributed by atoms with Crippen LogP contribution in [-0.4, -0.2) is 52.3 Å². The molecule has 10 heteroatoms. The van der Waals surface area contributed by atoms with E-state index in [1.165, 1.54) is 30.9 Å². The van der Waals surface area contributed by atoms with Crippen LogP contribution in [0.1, 0.15) is 37.0 Å². The molecule has 168 valence electrons. The van der Waals surface area contributed by atoms with Gasteiger partial charge in [-0.2, -0.15) is 4.98 Å². The van der Waals surface area contributed by atoms with E-state index < -0.39 is 0 Å². The van der Waals surface area contributed by atoms with Crippen LogP contribution in [0.5, 0.6) is 0 Å². The van der Waals surface area contributed by atoms with Crippen molar-refractivity contribution < 1.29 is 14.3 Å². The van der Waals surface area contributed by atoms with Gasteiger partial charge in [-0.1, -0.05) is 30.0 Å². The van der Waals surface area contributed by atoms with Gasteiger partial charge in [0.2, 0.25) is 5.91 Å². The Kier molecular flexibility index (Phi) is 7.21. The summed E-state index contributed by atoms with van der Waals surface area (Å²) >= 11 is 2.96. The fourth-order valence-corrected chi connectivity index (χ4v) is 5.48. The number of hydrogen-bond donors (Lipinski definition) is 1. The molecule has 2 aromatic heterocycles. The van der Waals surface area contributed by atoms with Crippen LogP contribution in [0, 0.1) is 5.92 Å². The van der Waals surface area contributed by atoms with Crippen LogP contribution >= 0.6 is 23.1 Å². The van der Waals surface area contributed by atoms with Gasteiger partial charge < -0.3 is 15.0 Å². The normalized spacial score (nSPS) is 16.2. The summed E-state index contributed by atoms with van der Waals surface area (Å²) in [5.74, 6) is 0.335. The number of carbonyl (C=O) groups excluding carboxylic acids is 2. The van der Waals surface area contributed by atoms with Crippen LogP contribution in [0.4, 0.5) is 10.8 Å². The lowest BCUT2D eigenvalue weighted by Crippen LogP contribution is -2.34. The molecule has 1 aliphatic heterocycles. The highest BCUT2D eigenvalue weighted by atomic mass is 32.2. The number of aromatic nitrogens is 3. The number of thiazole rings is 1. The summed E-state index contributed by atoms with van der Waals surface area (Å²) in [4.78, 5) is 39.9. The zero-order valence-corrected chi connectivity index (χ0v) is 19.7. The molecule has 3 heterocycles. The number of benzene rings is 1. The van der Waals surface area contributed by atoms with Gasteiger partial charge in [-0.05, 0) is 49.9 Å². The molecular weight excluding hydrogens is 446 g/mol. The molecule has 1 fully saturated rings. The Morgan fingerprint density at radius 1 is 1.28 bits per heavy atom. The van der Waals surface area contributed by atoms with Crippen molar-refractivity contribution in [2.24, 2.45) is 5.92 Å². The monoisotopic (exact) mass is 471 g/mol. The Labute approximate surface area is 194 Å². The molecule has 0 saturated carbocycles. The third-order valence-corrected chi connectivity index (χ3v) is 7.33. The number of fused-ring (bicyclic) bond motifs is 1. The van der Waals surface area contributed by atoms with Crippen molar-refractivity contribution in [3.8, 4) is 0 Å². The van der Waals surface area contributed by atoms with E-state index >= 15 is 0 Å². The van der Waals surface area contributed by atoms with Gasteiger partial charge in [0.25, 0.3) is 0 Å². The first kappa shape index (κ1) is 22.5. The minimum atomic E-state index is -0.378. The molecule has 4 rings (SSSR count). The van der Waals surface area contributed by atoms with Crippen LogP contribution in [0.2, 0.25) is 0 Å². The summed E-state index contributed by atoms with van der Waals surface area (Å²) in [6.45, 7) is 6.37. The van der Waals surface area contributed by atoms with E-state index in [2.05, 4.69) is 27.1 Å². The Morgan fingerprint density at radius 3 is 2.84 bits per heavy atom. The van der Waals surface area contributed by atoms with Crippen LogP contribution in [-0.2, 0) is 9.53 Å². The Balaban J connectivity index is 1.38. The molecule has 1 amide bonds. The maximum Gasteiger partial charge on any atom is 0.338 e. The van der Waals surface area contributed by atoms with Crippen molar-refractivity contribution in [2.75, 3.05) is 35.7 Å². The molecule has 1 saturated heterocycles. The fourth-order valence-electron chi connectivity index (χ4n) is 3.56. The second-order valence-corrected chi connectivity index (χ2v) is 9.60. The zero-order chi connectivity index (χ0) is 22.5. The van der Waals surface area contributed by atoms with Gasteiger partial charge >= 0.3 is 5.97 Å². The average Bonchev–Trinajstić information content (AvgIpc) is 3.23. The van der Waals surface area contributed by atoms with Gasteiger partial charge in [-0.25, -0.2) is 14.8 Å². The average molecular weight is 472 g/mol. The topological polar surface area (TPSA) is 97.3 Å². The van der Waals surface area contributed by atoms with Crippen LogP contribution < -0.4 is 10.2 Å². The number of hydrogen-bond acceptors (Lipinski definition) is 9. The molecule has 0 unspecified atom stereocenters. The number of esters is 1. The zero-order valence-electron chi connectivity index (χ0n) is 18.0. The highest BCUT2D eigenvalue weighted by Gasteiger charge is 2.21. The Bertz CT molecular complexity index is 1100. The van der Waals surface area contributed by atoms with Crippen molar-refractivity contribution >= 4 is 56.1 Å². The highest BCUT2D eigenvalue weighted by Crippen LogP contribution is 2.35. The molecule has 0 spiro atoms. The first-order valence-electron chi connectivity index (χ1n) is 10.6. The number of anilines is 2. The molecule has 32 heavy (non-hydrogen) atoms. The van der Waals surface area contributed by atoms with E-state index in [-0.39, 0.29) is 17.6 Å². The maximum absolute atomic E-state index is 12.4. The van der Waals surface area contributed by atoms with Gasteiger partial charge in [0.05, 0.1) is 17.9 Å². The minimum Gasteiger partial charge on any atom is -0.462 e. The predicted molar refractivity (Wildman–Crippen MR) is 128 cm³/mol. The number of nitrogens with one attached hydrogen (secondary N) is 1. The second-order valence-electron chi connectivity index (χ2n) is 7.66. The molecule has 3 aromatic rings. The molecular formula is C22H25N5O3S2. The Morgan fingerprint density at radius 2 is 2.09 bits per heavy atom. The van der Waals surface area contributed by atoms with Crippen molar-refractivity contribution in [1.29, 1.82) is 0 Å². The van der Waals surface area contributed by atoms with E-state index in [0.29, 0.717) is 29.4 Å². The molecule has 1 N–H and O–H groups in total. The smallest absolute Gasteiger partial charge is 0.338 e. The maximum atomic E-state index is 12.4. The Hall–Kier alpha value is -2.72. The third kappa shape index (κ3) is 5.36. The minimum absolute atomic E-state index is 0.153. The van der Waals surface area contributed by atoms with Gasteiger partial charge in [-0.3, -0.25) is 4.79 Å². The number of piperidine rings is 1. The molecule has 1 atom stereocenters. The molecule has 0 radical (unpaired) electrons. The number of nitrogens with zero attached hydrogens (tertiary/aromatic N) is 4. The lowest BCUT2D eigenvalue weighted by Gasteiger charge is -2.30. The summed E-state index contributed by atoms with van der Waals surface area (Å²) in [7, 11) is 0. The van der Waals surface area contributed by atoms with E-state index in [9.17, 15) is 9.59 Å². The van der Waals surface area contributed by atoms with Gasteiger partial charge in [0, 0.05) is 18.8 Å². The SMILES string of the molecule is CCOC(=O)c1ccc(NC(=O)CSc2ncnc3nc(N4CCC[C@@H](C)C4)sc23)cc1. The molecule has 8 nitrogen and oxygen atoms in total. The summed E-state index contributed by atoms with van der Waals surface area (Å²) in [6.07, 6.45) is 3.92. The van der Waals surface area contributed by atoms with Crippen molar-refractivity contribution in [3.05, 3.63) is 36.2 Å². The summed E-state index contributed by atoms with van der Waals surface area (Å²) in [5, 5.41) is 4.58. The summed E-state index contributed by atoms with van der Waals surface area (Å²) < 4.78 is 5.88. The second kappa shape index (κ2) is 10.3. The highest BCUT2D eigenvalue weighted by molar-refractivity contribution is 8.00. The molecule has 0 bridgehead atoms. The first-order valence-corrected chi connectivity index (χ1v) is 12.4. The fraction of sp³-hybridized carbons (Fsp3) is 0.409.